The van der Waals surface area contributed by atoms with Crippen LogP contribution in [0.25, 0.3) is 0 Å². The quantitative estimate of drug-likeness (QED) is 0.450. The van der Waals surface area contributed by atoms with E-state index in [0.29, 0.717) is 12.3 Å². The maximum Gasteiger partial charge on any atom is 0.286 e. The van der Waals surface area contributed by atoms with E-state index in [-0.39, 0.29) is 22.7 Å². The fourth-order valence-electron chi connectivity index (χ4n) is 3.66. The first kappa shape index (κ1) is 21.4. The molecule has 8 nitrogen and oxygen atoms in total. The van der Waals surface area contributed by atoms with Crippen LogP contribution in [-0.4, -0.2) is 31.1 Å². The fraction of sp³-hybridized carbons (Fsp3) is 0.409. The van der Waals surface area contributed by atoms with E-state index in [4.69, 9.17) is 9.47 Å². The van der Waals surface area contributed by atoms with Gasteiger partial charge in [-0.05, 0) is 49.9 Å². The summed E-state index contributed by atoms with van der Waals surface area (Å²) >= 11 is 0. The van der Waals surface area contributed by atoms with Crippen LogP contribution in [-0.2, 0) is 0 Å². The van der Waals surface area contributed by atoms with Crippen molar-refractivity contribution >= 4 is 23.0 Å². The van der Waals surface area contributed by atoms with Crippen LogP contribution in [0, 0.1) is 16.0 Å². The molecule has 0 heterocycles. The molecule has 1 aliphatic carbocycles. The van der Waals surface area contributed by atoms with Gasteiger partial charge in [0.05, 0.1) is 24.7 Å². The van der Waals surface area contributed by atoms with Crippen molar-refractivity contribution in [1.82, 2.24) is 0 Å². The third kappa shape index (κ3) is 5.20. The fourth-order valence-corrected chi connectivity index (χ4v) is 3.66. The Morgan fingerprint density at radius 2 is 1.80 bits per heavy atom. The standard InChI is InChI=1S/C22H27N3O5/c1-3-30-21-12-18(19(25(27)28)13-20(21)29-2)22(26)24-17-10-8-16(9-11-17)23-14-15-6-4-5-7-15/h8-13,15,23H,3-7,14H2,1-2H3,(H,24,26). The van der Waals surface area contributed by atoms with Gasteiger partial charge in [0.25, 0.3) is 11.6 Å². The van der Waals surface area contributed by atoms with Crippen LogP contribution in [0.2, 0.25) is 0 Å². The van der Waals surface area contributed by atoms with Crippen LogP contribution in [0.4, 0.5) is 17.1 Å². The summed E-state index contributed by atoms with van der Waals surface area (Å²) in [5.74, 6) is 0.622. The maximum atomic E-state index is 12.8. The second-order valence-electron chi connectivity index (χ2n) is 7.27. The van der Waals surface area contributed by atoms with E-state index in [9.17, 15) is 14.9 Å². The molecule has 1 saturated carbocycles. The third-order valence-corrected chi connectivity index (χ3v) is 5.24. The lowest BCUT2D eigenvalue weighted by molar-refractivity contribution is -0.385. The lowest BCUT2D eigenvalue weighted by Gasteiger charge is -2.13. The average molecular weight is 413 g/mol. The van der Waals surface area contributed by atoms with Crippen LogP contribution in [0.5, 0.6) is 11.5 Å². The number of hydrogen-bond donors (Lipinski definition) is 2. The number of nitrogens with one attached hydrogen (secondary N) is 2. The lowest BCUT2D eigenvalue weighted by atomic mass is 10.1. The van der Waals surface area contributed by atoms with Gasteiger partial charge in [-0.2, -0.15) is 0 Å². The molecule has 2 aromatic carbocycles. The van der Waals surface area contributed by atoms with Crippen molar-refractivity contribution in [2.24, 2.45) is 5.92 Å². The second-order valence-corrected chi connectivity index (χ2v) is 7.27. The van der Waals surface area contributed by atoms with Crippen molar-refractivity contribution in [3.05, 3.63) is 52.1 Å². The number of methoxy groups -OCH3 is 1. The maximum absolute atomic E-state index is 12.8. The van der Waals surface area contributed by atoms with Crippen molar-refractivity contribution in [3.8, 4) is 11.5 Å². The zero-order valence-corrected chi connectivity index (χ0v) is 17.3. The van der Waals surface area contributed by atoms with Crippen LogP contribution >= 0.6 is 0 Å². The smallest absolute Gasteiger partial charge is 0.286 e. The van der Waals surface area contributed by atoms with Gasteiger partial charge in [0.2, 0.25) is 0 Å². The molecule has 0 spiro atoms. The third-order valence-electron chi connectivity index (χ3n) is 5.24. The predicted molar refractivity (Wildman–Crippen MR) is 116 cm³/mol. The van der Waals surface area contributed by atoms with Gasteiger partial charge in [0.15, 0.2) is 11.5 Å². The molecule has 0 aliphatic heterocycles. The molecular weight excluding hydrogens is 386 g/mol. The van der Waals surface area contributed by atoms with Crippen molar-refractivity contribution in [2.45, 2.75) is 32.6 Å². The first-order valence-electron chi connectivity index (χ1n) is 10.2. The Kier molecular flexibility index (Phi) is 7.11. The number of anilines is 2. The summed E-state index contributed by atoms with van der Waals surface area (Å²) in [5, 5.41) is 17.6. The number of carbonyl (C=O) groups excluding carboxylic acids is 1. The summed E-state index contributed by atoms with van der Waals surface area (Å²) < 4.78 is 10.6. The van der Waals surface area contributed by atoms with Crippen molar-refractivity contribution < 1.29 is 19.2 Å². The average Bonchev–Trinajstić information content (AvgIpc) is 3.26. The van der Waals surface area contributed by atoms with Gasteiger partial charge in [-0.25, -0.2) is 0 Å². The highest BCUT2D eigenvalue weighted by molar-refractivity contribution is 6.07. The molecule has 3 rings (SSSR count). The number of nitro benzene ring substituents is 1. The molecule has 0 saturated heterocycles. The topological polar surface area (TPSA) is 103 Å². The molecule has 0 bridgehead atoms. The summed E-state index contributed by atoms with van der Waals surface area (Å²) in [6.45, 7) is 3.07. The number of rotatable bonds is 9. The summed E-state index contributed by atoms with van der Waals surface area (Å²) in [6, 6.07) is 9.86. The van der Waals surface area contributed by atoms with Gasteiger partial charge in [-0.3, -0.25) is 14.9 Å². The Hall–Kier alpha value is -3.29. The van der Waals surface area contributed by atoms with Crippen molar-refractivity contribution in [3.63, 3.8) is 0 Å². The van der Waals surface area contributed by atoms with E-state index in [2.05, 4.69) is 10.6 Å². The van der Waals surface area contributed by atoms with Crippen LogP contribution in [0.15, 0.2) is 36.4 Å². The Morgan fingerprint density at radius 1 is 1.13 bits per heavy atom. The summed E-state index contributed by atoms with van der Waals surface area (Å²) in [4.78, 5) is 23.6. The molecule has 160 valence electrons. The SMILES string of the molecule is CCOc1cc(C(=O)Nc2ccc(NCC3CCCC3)cc2)c([N+](=O)[O-])cc1OC. The zero-order chi connectivity index (χ0) is 21.5. The molecule has 2 N–H and O–H groups in total. The zero-order valence-electron chi connectivity index (χ0n) is 17.3. The first-order chi connectivity index (χ1) is 14.5. The van der Waals surface area contributed by atoms with Crippen LogP contribution in [0.3, 0.4) is 0 Å². The van der Waals surface area contributed by atoms with E-state index < -0.39 is 10.8 Å². The molecule has 0 radical (unpaired) electrons. The van der Waals surface area contributed by atoms with E-state index in [1.165, 1.54) is 44.9 Å². The molecular formula is C22H27N3O5. The normalized spacial score (nSPS) is 13.7. The van der Waals surface area contributed by atoms with Gasteiger partial charge in [0, 0.05) is 24.0 Å². The molecule has 1 fully saturated rings. The number of nitrogens with zero attached hydrogens (tertiary/aromatic N) is 1. The van der Waals surface area contributed by atoms with Crippen molar-refractivity contribution in [1.29, 1.82) is 0 Å². The van der Waals surface area contributed by atoms with Gasteiger partial charge in [-0.15, -0.1) is 0 Å². The number of hydrogen-bond acceptors (Lipinski definition) is 6. The van der Waals surface area contributed by atoms with Gasteiger partial charge < -0.3 is 20.1 Å². The summed E-state index contributed by atoms with van der Waals surface area (Å²) in [7, 11) is 1.39. The number of carbonyl (C=O) groups is 1. The molecule has 30 heavy (non-hydrogen) atoms. The van der Waals surface area contributed by atoms with E-state index >= 15 is 0 Å². The molecule has 0 atom stereocenters. The van der Waals surface area contributed by atoms with Crippen LogP contribution < -0.4 is 20.1 Å². The number of benzene rings is 2. The minimum Gasteiger partial charge on any atom is -0.493 e. The predicted octanol–water partition coefficient (Wildman–Crippen LogP) is 4.86. The highest BCUT2D eigenvalue weighted by Crippen LogP contribution is 2.35. The molecule has 1 amide bonds. The minimum atomic E-state index is -0.608. The minimum absolute atomic E-state index is 0.0901. The van der Waals surface area contributed by atoms with Gasteiger partial charge in [0.1, 0.15) is 5.56 Å². The first-order valence-corrected chi connectivity index (χ1v) is 10.2. The van der Waals surface area contributed by atoms with E-state index in [1.807, 2.05) is 12.1 Å². The lowest BCUT2D eigenvalue weighted by Crippen LogP contribution is -2.15. The van der Waals surface area contributed by atoms with E-state index in [0.717, 1.165) is 18.2 Å². The van der Waals surface area contributed by atoms with E-state index in [1.54, 1.807) is 19.1 Å². The van der Waals surface area contributed by atoms with Crippen molar-refractivity contribution in [2.75, 3.05) is 30.9 Å². The highest BCUT2D eigenvalue weighted by atomic mass is 16.6. The number of amides is 1. The Bertz CT molecular complexity index is 892. The van der Waals surface area contributed by atoms with Gasteiger partial charge in [-0.1, -0.05) is 12.8 Å². The monoisotopic (exact) mass is 413 g/mol. The Morgan fingerprint density at radius 3 is 2.40 bits per heavy atom. The highest BCUT2D eigenvalue weighted by Gasteiger charge is 2.25. The largest absolute Gasteiger partial charge is 0.493 e. The second kappa shape index (κ2) is 9.96. The Balaban J connectivity index is 1.72. The summed E-state index contributed by atoms with van der Waals surface area (Å²) in [6.07, 6.45) is 5.15. The molecule has 0 aromatic heterocycles. The van der Waals surface area contributed by atoms with Gasteiger partial charge >= 0.3 is 0 Å². The van der Waals surface area contributed by atoms with Crippen LogP contribution in [0.1, 0.15) is 43.0 Å². The molecule has 0 unspecified atom stereocenters. The number of ether oxygens (including phenoxy) is 2. The molecule has 1 aliphatic rings. The molecule has 2 aromatic rings. The Labute approximate surface area is 175 Å². The summed E-state index contributed by atoms with van der Waals surface area (Å²) in [5.41, 5.74) is 1.10. The number of nitro groups is 1. The molecule has 8 heteroatoms.